The quantitative estimate of drug-likeness (QED) is 0.912. The first-order valence-corrected chi connectivity index (χ1v) is 8.47. The van der Waals surface area contributed by atoms with Crippen LogP contribution in [0.25, 0.3) is 0 Å². The molecular weight excluding hydrogens is 260 g/mol. The number of hydrogen-bond acceptors (Lipinski definition) is 4. The Morgan fingerprint density at radius 3 is 2.79 bits per heavy atom. The van der Waals surface area contributed by atoms with Crippen molar-refractivity contribution in [1.82, 2.24) is 5.32 Å². The van der Waals surface area contributed by atoms with Gasteiger partial charge in [-0.1, -0.05) is 19.1 Å². The molecule has 1 atom stereocenters. The largest absolute Gasteiger partial charge is 0.369 e. The van der Waals surface area contributed by atoms with Crippen LogP contribution >= 0.6 is 0 Å². The number of nitrogens with zero attached hydrogens (tertiary/aromatic N) is 1. The Kier molecular flexibility index (Phi) is 4.47. The van der Waals surface area contributed by atoms with Crippen molar-refractivity contribution in [2.45, 2.75) is 30.7 Å². The van der Waals surface area contributed by atoms with E-state index in [0.717, 1.165) is 31.6 Å². The maximum Gasteiger partial charge on any atom is 0.180 e. The van der Waals surface area contributed by atoms with E-state index < -0.39 is 9.84 Å². The molecule has 19 heavy (non-hydrogen) atoms. The minimum atomic E-state index is -3.16. The molecule has 1 N–H and O–H groups in total. The Hall–Kier alpha value is -1.07. The van der Waals surface area contributed by atoms with Crippen molar-refractivity contribution >= 4 is 15.5 Å². The van der Waals surface area contributed by atoms with Crippen LogP contribution in [0, 0.1) is 0 Å². The summed E-state index contributed by atoms with van der Waals surface area (Å²) < 4.78 is 24.3. The van der Waals surface area contributed by atoms with Gasteiger partial charge in [0.1, 0.15) is 0 Å². The number of sulfone groups is 1. The molecule has 0 bridgehead atoms. The van der Waals surface area contributed by atoms with Crippen molar-refractivity contribution in [2.24, 2.45) is 0 Å². The monoisotopic (exact) mass is 282 g/mol. The number of para-hydroxylation sites is 1. The molecule has 1 heterocycles. The van der Waals surface area contributed by atoms with Gasteiger partial charge in [-0.2, -0.15) is 0 Å². The molecule has 1 unspecified atom stereocenters. The van der Waals surface area contributed by atoms with E-state index in [9.17, 15) is 8.42 Å². The summed E-state index contributed by atoms with van der Waals surface area (Å²) in [5, 5.41) is 3.28. The van der Waals surface area contributed by atoms with Crippen molar-refractivity contribution in [3.8, 4) is 0 Å². The second kappa shape index (κ2) is 5.92. The molecule has 1 aliphatic heterocycles. The number of rotatable bonds is 4. The Morgan fingerprint density at radius 2 is 2.11 bits per heavy atom. The number of benzene rings is 1. The zero-order chi connectivity index (χ0) is 13.9. The number of anilines is 1. The van der Waals surface area contributed by atoms with Crippen LogP contribution in [0.2, 0.25) is 0 Å². The Bertz CT molecular complexity index is 528. The SMILES string of the molecule is CCS(=O)(=O)c1ccccc1N1CCCC(NC)C1. The summed E-state index contributed by atoms with van der Waals surface area (Å²) in [6.45, 7) is 3.49. The van der Waals surface area contributed by atoms with E-state index in [1.165, 1.54) is 0 Å². The summed E-state index contributed by atoms with van der Waals surface area (Å²) in [5.41, 5.74) is 0.851. The average Bonchev–Trinajstić information content (AvgIpc) is 2.47. The number of likely N-dealkylation sites (N-methyl/N-ethyl adjacent to an activating group) is 1. The highest BCUT2D eigenvalue weighted by Gasteiger charge is 2.24. The van der Waals surface area contributed by atoms with Gasteiger partial charge in [-0.3, -0.25) is 0 Å². The Labute approximate surface area is 115 Å². The standard InChI is InChI=1S/C14H22N2O2S/c1-3-19(17,18)14-9-5-4-8-13(14)16-10-6-7-12(11-16)15-2/h4-5,8-9,12,15H,3,6-7,10-11H2,1-2H3. The maximum absolute atomic E-state index is 12.2. The van der Waals surface area contributed by atoms with Gasteiger partial charge in [0.05, 0.1) is 16.3 Å². The van der Waals surface area contributed by atoms with E-state index in [4.69, 9.17) is 0 Å². The lowest BCUT2D eigenvalue weighted by Crippen LogP contribution is -2.44. The van der Waals surface area contributed by atoms with E-state index in [0.29, 0.717) is 10.9 Å². The number of hydrogen-bond donors (Lipinski definition) is 1. The molecule has 1 aromatic rings. The maximum atomic E-state index is 12.2. The third kappa shape index (κ3) is 3.09. The third-order valence-electron chi connectivity index (χ3n) is 3.75. The van der Waals surface area contributed by atoms with Crippen LogP contribution in [0.4, 0.5) is 5.69 Å². The lowest BCUT2D eigenvalue weighted by molar-refractivity contribution is 0.448. The van der Waals surface area contributed by atoms with Gasteiger partial charge in [0.2, 0.25) is 0 Å². The molecule has 0 saturated carbocycles. The van der Waals surface area contributed by atoms with Gasteiger partial charge < -0.3 is 10.2 Å². The molecule has 4 nitrogen and oxygen atoms in total. The molecule has 1 saturated heterocycles. The average molecular weight is 282 g/mol. The van der Waals surface area contributed by atoms with Crippen LogP contribution in [0.1, 0.15) is 19.8 Å². The molecule has 0 aliphatic carbocycles. The first-order valence-electron chi connectivity index (χ1n) is 6.82. The minimum Gasteiger partial charge on any atom is -0.369 e. The normalized spacial score (nSPS) is 20.5. The lowest BCUT2D eigenvalue weighted by Gasteiger charge is -2.35. The van der Waals surface area contributed by atoms with Gasteiger partial charge in [-0.15, -0.1) is 0 Å². The summed E-state index contributed by atoms with van der Waals surface area (Å²) in [7, 11) is -1.20. The number of nitrogens with one attached hydrogen (secondary N) is 1. The summed E-state index contributed by atoms with van der Waals surface area (Å²) in [6.07, 6.45) is 2.24. The van der Waals surface area contributed by atoms with Crippen molar-refractivity contribution in [1.29, 1.82) is 0 Å². The van der Waals surface area contributed by atoms with Crippen LogP contribution in [-0.4, -0.2) is 40.3 Å². The fourth-order valence-electron chi connectivity index (χ4n) is 2.57. The van der Waals surface area contributed by atoms with E-state index in [1.807, 2.05) is 19.2 Å². The summed E-state index contributed by atoms with van der Waals surface area (Å²) in [6, 6.07) is 7.78. The highest BCUT2D eigenvalue weighted by atomic mass is 32.2. The Morgan fingerprint density at radius 1 is 1.37 bits per heavy atom. The van der Waals surface area contributed by atoms with Gasteiger partial charge in [0.15, 0.2) is 9.84 Å². The zero-order valence-electron chi connectivity index (χ0n) is 11.6. The van der Waals surface area contributed by atoms with Crippen LogP contribution < -0.4 is 10.2 Å². The fourth-order valence-corrected chi connectivity index (χ4v) is 3.68. The molecule has 0 spiro atoms. The van der Waals surface area contributed by atoms with Gasteiger partial charge in [-0.25, -0.2) is 8.42 Å². The van der Waals surface area contributed by atoms with Crippen molar-refractivity contribution in [2.75, 3.05) is 30.8 Å². The molecular formula is C14H22N2O2S. The summed E-state index contributed by atoms with van der Waals surface area (Å²) in [4.78, 5) is 2.65. The van der Waals surface area contributed by atoms with Gasteiger partial charge in [-0.05, 0) is 32.0 Å². The second-order valence-electron chi connectivity index (χ2n) is 4.94. The highest BCUT2D eigenvalue weighted by Crippen LogP contribution is 2.28. The summed E-state index contributed by atoms with van der Waals surface area (Å²) >= 11 is 0. The molecule has 2 rings (SSSR count). The third-order valence-corrected chi connectivity index (χ3v) is 5.53. The first kappa shape index (κ1) is 14.3. The molecule has 0 aromatic heterocycles. The highest BCUT2D eigenvalue weighted by molar-refractivity contribution is 7.91. The lowest BCUT2D eigenvalue weighted by atomic mass is 10.1. The van der Waals surface area contributed by atoms with E-state index >= 15 is 0 Å². The molecule has 1 fully saturated rings. The topological polar surface area (TPSA) is 49.4 Å². The molecule has 0 radical (unpaired) electrons. The van der Waals surface area contributed by atoms with Crippen LogP contribution in [0.15, 0.2) is 29.2 Å². The fraction of sp³-hybridized carbons (Fsp3) is 0.571. The zero-order valence-corrected chi connectivity index (χ0v) is 12.4. The van der Waals surface area contributed by atoms with Crippen molar-refractivity contribution in [3.63, 3.8) is 0 Å². The van der Waals surface area contributed by atoms with Crippen molar-refractivity contribution < 1.29 is 8.42 Å². The molecule has 106 valence electrons. The van der Waals surface area contributed by atoms with Crippen LogP contribution in [0.3, 0.4) is 0 Å². The predicted octanol–water partition coefficient (Wildman–Crippen LogP) is 1.67. The van der Waals surface area contributed by atoms with Crippen LogP contribution in [-0.2, 0) is 9.84 Å². The van der Waals surface area contributed by atoms with Gasteiger partial charge >= 0.3 is 0 Å². The number of piperidine rings is 1. The van der Waals surface area contributed by atoms with E-state index in [1.54, 1.807) is 19.1 Å². The van der Waals surface area contributed by atoms with E-state index in [2.05, 4.69) is 10.2 Å². The first-order chi connectivity index (χ1) is 9.08. The van der Waals surface area contributed by atoms with Crippen molar-refractivity contribution in [3.05, 3.63) is 24.3 Å². The molecule has 1 aliphatic rings. The van der Waals surface area contributed by atoms with Crippen LogP contribution in [0.5, 0.6) is 0 Å². The van der Waals surface area contributed by atoms with Gasteiger partial charge in [0.25, 0.3) is 0 Å². The van der Waals surface area contributed by atoms with Gasteiger partial charge in [0, 0.05) is 19.1 Å². The minimum absolute atomic E-state index is 0.146. The van der Waals surface area contributed by atoms with E-state index in [-0.39, 0.29) is 5.75 Å². The molecule has 1 aromatic carbocycles. The smallest absolute Gasteiger partial charge is 0.180 e. The second-order valence-corrected chi connectivity index (χ2v) is 7.19. The predicted molar refractivity (Wildman–Crippen MR) is 78.5 cm³/mol. The molecule has 0 amide bonds. The Balaban J connectivity index is 2.35. The molecule has 5 heteroatoms. The summed E-state index contributed by atoms with van der Waals surface area (Å²) in [5.74, 6) is 0.146.